The lowest BCUT2D eigenvalue weighted by Gasteiger charge is -2.27. The van der Waals surface area contributed by atoms with Crippen LogP contribution in [0.2, 0.25) is 0 Å². The van der Waals surface area contributed by atoms with Crippen LogP contribution in [0.3, 0.4) is 0 Å². The zero-order valence-electron chi connectivity index (χ0n) is 17.3. The maximum Gasteiger partial charge on any atom is 0.573 e. The second kappa shape index (κ2) is 10.1. The van der Waals surface area contributed by atoms with Gasteiger partial charge in [0.2, 0.25) is 15.9 Å². The zero-order chi connectivity index (χ0) is 24.1. The summed E-state index contributed by atoms with van der Waals surface area (Å²) < 4.78 is 67.3. The lowest BCUT2D eigenvalue weighted by atomic mass is 10.1. The van der Waals surface area contributed by atoms with Crippen LogP contribution in [0.1, 0.15) is 24.0 Å². The number of sulfonamides is 1. The molecule has 174 valence electrons. The van der Waals surface area contributed by atoms with E-state index in [1.165, 1.54) is 10.4 Å². The van der Waals surface area contributed by atoms with E-state index in [0.717, 1.165) is 35.4 Å². The molecule has 0 bridgehead atoms. The van der Waals surface area contributed by atoms with Crippen molar-refractivity contribution in [2.75, 3.05) is 13.1 Å². The minimum Gasteiger partial charge on any atom is -0.406 e. The average molecular weight is 479 g/mol. The second-order valence-corrected chi connectivity index (χ2v) is 9.19. The third-order valence-corrected chi connectivity index (χ3v) is 6.86. The average Bonchev–Trinajstić information content (AvgIpc) is 2.78. The van der Waals surface area contributed by atoms with Gasteiger partial charge in [-0.25, -0.2) is 8.42 Å². The van der Waals surface area contributed by atoms with Crippen LogP contribution in [0.25, 0.3) is 0 Å². The molecular formula is C22H20F3N3O4S. The molecule has 1 amide bonds. The van der Waals surface area contributed by atoms with Crippen LogP contribution in [0.4, 0.5) is 13.2 Å². The molecule has 1 saturated heterocycles. The Morgan fingerprint density at radius 1 is 1.09 bits per heavy atom. The van der Waals surface area contributed by atoms with Crippen LogP contribution in [0, 0.1) is 11.3 Å². The van der Waals surface area contributed by atoms with Gasteiger partial charge in [-0.15, -0.1) is 13.2 Å². The topological polar surface area (TPSA) is 99.5 Å². The van der Waals surface area contributed by atoms with Gasteiger partial charge in [-0.1, -0.05) is 17.7 Å². The number of hydrogen-bond acceptors (Lipinski definition) is 5. The molecule has 1 aliphatic rings. The standard InChI is InChI=1S/C22H20F3N3O4S/c23-22(24,25)32-19-5-7-20(8-6-19)33(30,31)28-11-9-16(10-12-28)13-21(29)27-15-18-3-1-17(14-26)2-4-18/h1-8,13H,9-12,15H2,(H,27,29). The van der Waals surface area contributed by atoms with Gasteiger partial charge in [0.25, 0.3) is 0 Å². The lowest BCUT2D eigenvalue weighted by molar-refractivity contribution is -0.274. The summed E-state index contributed by atoms with van der Waals surface area (Å²) in [5, 5.41) is 11.5. The van der Waals surface area contributed by atoms with Crippen LogP contribution in [0.5, 0.6) is 5.75 Å². The molecule has 11 heteroatoms. The summed E-state index contributed by atoms with van der Waals surface area (Å²) >= 11 is 0. The third-order valence-electron chi connectivity index (χ3n) is 4.94. The Morgan fingerprint density at radius 3 is 2.24 bits per heavy atom. The normalized spacial score (nSPS) is 14.9. The summed E-state index contributed by atoms with van der Waals surface area (Å²) in [4.78, 5) is 12.0. The molecule has 0 spiro atoms. The van der Waals surface area contributed by atoms with Crippen molar-refractivity contribution in [3.63, 3.8) is 0 Å². The summed E-state index contributed by atoms with van der Waals surface area (Å²) in [6, 6.07) is 12.9. The Balaban J connectivity index is 1.54. The molecule has 0 unspecified atom stereocenters. The van der Waals surface area contributed by atoms with E-state index in [0.29, 0.717) is 24.9 Å². The Bertz CT molecular complexity index is 1160. The number of benzene rings is 2. The van der Waals surface area contributed by atoms with E-state index >= 15 is 0 Å². The molecule has 0 aromatic heterocycles. The van der Waals surface area contributed by atoms with Crippen molar-refractivity contribution in [1.82, 2.24) is 9.62 Å². The minimum absolute atomic E-state index is 0.135. The summed E-state index contributed by atoms with van der Waals surface area (Å²) in [5.41, 5.74) is 2.17. The summed E-state index contributed by atoms with van der Waals surface area (Å²) in [5.74, 6) is -0.803. The van der Waals surface area contributed by atoms with Crippen molar-refractivity contribution < 1.29 is 31.1 Å². The fourth-order valence-electron chi connectivity index (χ4n) is 3.24. The minimum atomic E-state index is -4.86. The van der Waals surface area contributed by atoms with E-state index in [2.05, 4.69) is 10.1 Å². The van der Waals surface area contributed by atoms with Crippen LogP contribution >= 0.6 is 0 Å². The predicted molar refractivity (Wildman–Crippen MR) is 112 cm³/mol. The van der Waals surface area contributed by atoms with Crippen LogP contribution < -0.4 is 10.1 Å². The first-order valence-corrected chi connectivity index (χ1v) is 11.3. The number of amides is 1. The maximum atomic E-state index is 12.8. The van der Waals surface area contributed by atoms with Gasteiger partial charge in [0.05, 0.1) is 16.5 Å². The highest BCUT2D eigenvalue weighted by Gasteiger charge is 2.32. The number of rotatable bonds is 6. The van der Waals surface area contributed by atoms with Crippen molar-refractivity contribution >= 4 is 15.9 Å². The Morgan fingerprint density at radius 2 is 1.70 bits per heavy atom. The van der Waals surface area contributed by atoms with Gasteiger partial charge < -0.3 is 10.1 Å². The first-order valence-electron chi connectivity index (χ1n) is 9.89. The molecule has 1 aliphatic heterocycles. The summed E-state index contributed by atoms with van der Waals surface area (Å²) in [6.45, 7) is 0.596. The van der Waals surface area contributed by atoms with E-state index in [-0.39, 0.29) is 23.9 Å². The molecule has 33 heavy (non-hydrogen) atoms. The molecule has 1 N–H and O–H groups in total. The quantitative estimate of drug-likeness (QED) is 0.640. The zero-order valence-corrected chi connectivity index (χ0v) is 18.1. The fourth-order valence-corrected chi connectivity index (χ4v) is 4.68. The number of halogens is 3. The van der Waals surface area contributed by atoms with Crippen molar-refractivity contribution in [2.24, 2.45) is 0 Å². The first kappa shape index (κ1) is 24.3. The van der Waals surface area contributed by atoms with Crippen molar-refractivity contribution in [2.45, 2.75) is 30.6 Å². The number of nitriles is 1. The number of nitrogens with one attached hydrogen (secondary N) is 1. The van der Waals surface area contributed by atoms with Gasteiger partial charge in [-0.05, 0) is 54.8 Å². The lowest BCUT2D eigenvalue weighted by Crippen LogP contribution is -2.36. The van der Waals surface area contributed by atoms with Gasteiger partial charge in [0, 0.05) is 25.7 Å². The molecule has 0 atom stereocenters. The van der Waals surface area contributed by atoms with E-state index in [1.54, 1.807) is 24.3 Å². The molecular weight excluding hydrogens is 459 g/mol. The fraction of sp³-hybridized carbons (Fsp3) is 0.273. The summed E-state index contributed by atoms with van der Waals surface area (Å²) in [6.07, 6.45) is -2.68. The SMILES string of the molecule is N#Cc1ccc(CNC(=O)C=C2CCN(S(=O)(=O)c3ccc(OC(F)(F)F)cc3)CC2)cc1. The molecule has 0 saturated carbocycles. The van der Waals surface area contributed by atoms with Crippen LogP contribution in [-0.4, -0.2) is 38.1 Å². The molecule has 3 rings (SSSR count). The van der Waals surface area contributed by atoms with Gasteiger partial charge in [-0.3, -0.25) is 4.79 Å². The van der Waals surface area contributed by atoms with Crippen molar-refractivity contribution in [3.8, 4) is 11.8 Å². The van der Waals surface area contributed by atoms with E-state index in [4.69, 9.17) is 5.26 Å². The van der Waals surface area contributed by atoms with Gasteiger partial charge in [0.15, 0.2) is 0 Å². The number of piperidine rings is 1. The number of alkyl halides is 3. The smallest absolute Gasteiger partial charge is 0.406 e. The maximum absolute atomic E-state index is 12.8. The molecule has 2 aromatic carbocycles. The van der Waals surface area contributed by atoms with Gasteiger partial charge >= 0.3 is 6.36 Å². The largest absolute Gasteiger partial charge is 0.573 e. The van der Waals surface area contributed by atoms with Crippen LogP contribution in [-0.2, 0) is 21.4 Å². The second-order valence-electron chi connectivity index (χ2n) is 7.25. The Hall–Kier alpha value is -3.36. The van der Waals surface area contributed by atoms with Crippen LogP contribution in [0.15, 0.2) is 65.1 Å². The van der Waals surface area contributed by atoms with E-state index < -0.39 is 22.1 Å². The number of nitrogens with zero attached hydrogens (tertiary/aromatic N) is 2. The predicted octanol–water partition coefficient (Wildman–Crippen LogP) is 3.48. The highest BCUT2D eigenvalue weighted by atomic mass is 32.2. The highest BCUT2D eigenvalue weighted by molar-refractivity contribution is 7.89. The molecule has 2 aromatic rings. The Labute approximate surface area is 189 Å². The molecule has 1 fully saturated rings. The molecule has 0 radical (unpaired) electrons. The molecule has 0 aliphatic carbocycles. The number of ether oxygens (including phenoxy) is 1. The molecule has 1 heterocycles. The molecule has 7 nitrogen and oxygen atoms in total. The third kappa shape index (κ3) is 6.81. The van der Waals surface area contributed by atoms with E-state index in [1.807, 2.05) is 6.07 Å². The summed E-state index contributed by atoms with van der Waals surface area (Å²) in [7, 11) is -3.88. The Kier molecular flexibility index (Phi) is 7.40. The monoisotopic (exact) mass is 479 g/mol. The number of hydrogen-bond donors (Lipinski definition) is 1. The number of carbonyl (C=O) groups excluding carboxylic acids is 1. The number of carbonyl (C=O) groups is 1. The van der Waals surface area contributed by atoms with Gasteiger partial charge in [0.1, 0.15) is 5.75 Å². The highest BCUT2D eigenvalue weighted by Crippen LogP contribution is 2.27. The van der Waals surface area contributed by atoms with Crippen molar-refractivity contribution in [3.05, 3.63) is 71.3 Å². The van der Waals surface area contributed by atoms with E-state index in [9.17, 15) is 26.4 Å². The van der Waals surface area contributed by atoms with Crippen molar-refractivity contribution in [1.29, 1.82) is 5.26 Å². The first-order chi connectivity index (χ1) is 15.6. The van der Waals surface area contributed by atoms with Gasteiger partial charge in [-0.2, -0.15) is 9.57 Å².